The molecule has 0 radical (unpaired) electrons. The highest BCUT2D eigenvalue weighted by atomic mass is 31.1. The molecule has 0 unspecified atom stereocenters. The molecule has 1 aliphatic rings. The summed E-state index contributed by atoms with van der Waals surface area (Å²) in [6.45, 7) is 2.07. The molecule has 138 valence electrons. The van der Waals surface area contributed by atoms with E-state index in [-0.39, 0.29) is 6.10 Å². The average Bonchev–Trinajstić information content (AvgIpc) is 2.73. The van der Waals surface area contributed by atoms with E-state index in [1.54, 1.807) is 0 Å². The fraction of sp³-hybridized carbons (Fsp3) is 0.292. The van der Waals surface area contributed by atoms with Gasteiger partial charge in [0.25, 0.3) is 0 Å². The Bertz CT molecular complexity index is 813. The molecule has 0 amide bonds. The summed E-state index contributed by atoms with van der Waals surface area (Å²) >= 11 is 0. The Morgan fingerprint density at radius 3 is 2.04 bits per heavy atom. The molecule has 3 heteroatoms. The molecule has 3 aromatic rings. The van der Waals surface area contributed by atoms with Crippen LogP contribution in [0.4, 0.5) is 0 Å². The third-order valence-electron chi connectivity index (χ3n) is 5.21. The van der Waals surface area contributed by atoms with Crippen molar-refractivity contribution in [3.63, 3.8) is 0 Å². The average molecular weight is 375 g/mol. The first-order valence-electron chi connectivity index (χ1n) is 9.82. The standard InChI is InChI=1S/C24H26NOP/c1-19-11-10-17-23(25-19)22-16-8-9-18-24(22)26-27(20-12-4-2-5-13-20)21-14-6-3-7-15-21/h2-7,10-15,17,22,24H,8-9,16,18H2,1H3/t22-,24-/m0/s1. The van der Waals surface area contributed by atoms with Gasteiger partial charge in [-0.2, -0.15) is 0 Å². The van der Waals surface area contributed by atoms with Gasteiger partial charge in [0, 0.05) is 27.9 Å². The van der Waals surface area contributed by atoms with Crippen molar-refractivity contribution in [3.8, 4) is 0 Å². The summed E-state index contributed by atoms with van der Waals surface area (Å²) < 4.78 is 6.90. The van der Waals surface area contributed by atoms with Gasteiger partial charge in [-0.3, -0.25) is 4.98 Å². The van der Waals surface area contributed by atoms with Crippen molar-refractivity contribution in [1.82, 2.24) is 4.98 Å². The molecule has 4 rings (SSSR count). The minimum absolute atomic E-state index is 0.222. The number of benzene rings is 2. The van der Waals surface area contributed by atoms with Crippen molar-refractivity contribution in [2.45, 2.75) is 44.6 Å². The summed E-state index contributed by atoms with van der Waals surface area (Å²) in [6.07, 6.45) is 4.99. The van der Waals surface area contributed by atoms with Crippen molar-refractivity contribution in [2.75, 3.05) is 0 Å². The third kappa shape index (κ3) is 4.46. The molecule has 0 saturated heterocycles. The van der Waals surface area contributed by atoms with Crippen molar-refractivity contribution in [1.29, 1.82) is 0 Å². The van der Waals surface area contributed by atoms with Crippen molar-refractivity contribution in [2.24, 2.45) is 0 Å². The van der Waals surface area contributed by atoms with Gasteiger partial charge in [0.15, 0.2) is 0 Å². The predicted molar refractivity (Wildman–Crippen MR) is 114 cm³/mol. The van der Waals surface area contributed by atoms with Gasteiger partial charge in [0.05, 0.1) is 14.3 Å². The number of aryl methyl sites for hydroxylation is 1. The molecule has 0 aliphatic heterocycles. The Labute approximate surface area is 163 Å². The zero-order chi connectivity index (χ0) is 18.5. The molecular weight excluding hydrogens is 349 g/mol. The Balaban J connectivity index is 1.64. The molecule has 1 saturated carbocycles. The fourth-order valence-electron chi connectivity index (χ4n) is 3.86. The lowest BCUT2D eigenvalue weighted by atomic mass is 9.84. The molecule has 1 heterocycles. The first-order chi connectivity index (χ1) is 13.3. The van der Waals surface area contributed by atoms with Crippen LogP contribution in [0.5, 0.6) is 0 Å². The minimum Gasteiger partial charge on any atom is -0.346 e. The van der Waals surface area contributed by atoms with E-state index in [1.807, 2.05) is 0 Å². The number of aromatic nitrogens is 1. The van der Waals surface area contributed by atoms with Crippen molar-refractivity contribution < 1.29 is 4.52 Å². The highest BCUT2D eigenvalue weighted by molar-refractivity contribution is 7.68. The third-order valence-corrected chi connectivity index (χ3v) is 7.23. The second-order valence-electron chi connectivity index (χ2n) is 7.20. The second-order valence-corrected chi connectivity index (χ2v) is 9.04. The van der Waals surface area contributed by atoms with Crippen LogP contribution in [0.15, 0.2) is 78.9 Å². The van der Waals surface area contributed by atoms with Crippen LogP contribution in [0.2, 0.25) is 0 Å². The van der Waals surface area contributed by atoms with Crippen LogP contribution in [-0.2, 0) is 4.52 Å². The maximum Gasteiger partial charge on any atom is 0.0921 e. The van der Waals surface area contributed by atoms with Gasteiger partial charge in [-0.05, 0) is 31.9 Å². The number of hydrogen-bond acceptors (Lipinski definition) is 2. The maximum absolute atomic E-state index is 6.90. The van der Waals surface area contributed by atoms with Crippen LogP contribution in [-0.4, -0.2) is 11.1 Å². The van der Waals surface area contributed by atoms with Gasteiger partial charge < -0.3 is 4.52 Å². The van der Waals surface area contributed by atoms with Crippen molar-refractivity contribution >= 4 is 18.8 Å². The molecule has 2 nitrogen and oxygen atoms in total. The van der Waals surface area contributed by atoms with E-state index < -0.39 is 8.15 Å². The molecule has 27 heavy (non-hydrogen) atoms. The smallest absolute Gasteiger partial charge is 0.0921 e. The second kappa shape index (κ2) is 8.78. The van der Waals surface area contributed by atoms with Crippen LogP contribution in [0.25, 0.3) is 0 Å². The molecule has 1 fully saturated rings. The summed E-state index contributed by atoms with van der Waals surface area (Å²) in [7, 11) is -0.826. The van der Waals surface area contributed by atoms with E-state index in [2.05, 4.69) is 85.8 Å². The van der Waals surface area contributed by atoms with Gasteiger partial charge in [0.1, 0.15) is 0 Å². The minimum atomic E-state index is -0.826. The lowest BCUT2D eigenvalue weighted by Gasteiger charge is -2.34. The molecular formula is C24H26NOP. The van der Waals surface area contributed by atoms with Gasteiger partial charge >= 0.3 is 0 Å². The number of pyridine rings is 1. The SMILES string of the molecule is Cc1cccc([C@@H]2CCCC[C@@H]2OP(c2ccccc2)c2ccccc2)n1. The lowest BCUT2D eigenvalue weighted by molar-refractivity contribution is 0.147. The topological polar surface area (TPSA) is 22.1 Å². The molecule has 1 aromatic heterocycles. The Morgan fingerprint density at radius 2 is 1.41 bits per heavy atom. The van der Waals surface area contributed by atoms with Crippen LogP contribution in [0.1, 0.15) is 43.0 Å². The molecule has 0 N–H and O–H groups in total. The van der Waals surface area contributed by atoms with Gasteiger partial charge in [-0.15, -0.1) is 0 Å². The van der Waals surface area contributed by atoms with Crippen LogP contribution >= 0.6 is 8.15 Å². The van der Waals surface area contributed by atoms with Crippen LogP contribution < -0.4 is 10.6 Å². The zero-order valence-corrected chi connectivity index (χ0v) is 16.7. The lowest BCUT2D eigenvalue weighted by Crippen LogP contribution is -2.28. The molecule has 0 spiro atoms. The molecule has 1 aliphatic carbocycles. The summed E-state index contributed by atoms with van der Waals surface area (Å²) in [5.74, 6) is 0.385. The van der Waals surface area contributed by atoms with E-state index in [9.17, 15) is 0 Å². The Hall–Kier alpha value is -2.02. The van der Waals surface area contributed by atoms with E-state index in [1.165, 1.54) is 29.1 Å². The Morgan fingerprint density at radius 1 is 0.778 bits per heavy atom. The fourth-order valence-corrected chi connectivity index (χ4v) is 5.82. The summed E-state index contributed by atoms with van der Waals surface area (Å²) in [4.78, 5) is 4.83. The van der Waals surface area contributed by atoms with Crippen LogP contribution in [0, 0.1) is 6.92 Å². The monoisotopic (exact) mass is 375 g/mol. The number of rotatable bonds is 5. The first-order valence-corrected chi connectivity index (χ1v) is 11.1. The molecule has 2 aromatic carbocycles. The highest BCUT2D eigenvalue weighted by Crippen LogP contribution is 2.44. The molecule has 0 bridgehead atoms. The summed E-state index contributed by atoms with van der Waals surface area (Å²) in [6, 6.07) is 27.7. The van der Waals surface area contributed by atoms with Gasteiger partial charge in [-0.25, -0.2) is 0 Å². The first kappa shape index (κ1) is 18.3. The summed E-state index contributed by atoms with van der Waals surface area (Å²) in [5, 5.41) is 2.56. The van der Waals surface area contributed by atoms with Crippen molar-refractivity contribution in [3.05, 3.63) is 90.3 Å². The van der Waals surface area contributed by atoms with E-state index >= 15 is 0 Å². The largest absolute Gasteiger partial charge is 0.346 e. The van der Waals surface area contributed by atoms with E-state index in [0.29, 0.717) is 5.92 Å². The predicted octanol–water partition coefficient (Wildman–Crippen LogP) is 5.48. The van der Waals surface area contributed by atoms with Crippen LogP contribution in [0.3, 0.4) is 0 Å². The number of hydrogen-bond donors (Lipinski definition) is 0. The zero-order valence-electron chi connectivity index (χ0n) is 15.8. The van der Waals surface area contributed by atoms with Gasteiger partial charge in [0.2, 0.25) is 0 Å². The highest BCUT2D eigenvalue weighted by Gasteiger charge is 2.31. The summed E-state index contributed by atoms with van der Waals surface area (Å²) in [5.41, 5.74) is 2.28. The maximum atomic E-state index is 6.90. The Kier molecular flexibility index (Phi) is 5.97. The van der Waals surface area contributed by atoms with E-state index in [0.717, 1.165) is 18.5 Å². The quantitative estimate of drug-likeness (QED) is 0.551. The number of nitrogens with zero attached hydrogens (tertiary/aromatic N) is 1. The van der Waals surface area contributed by atoms with Gasteiger partial charge in [-0.1, -0.05) is 79.6 Å². The molecule has 2 atom stereocenters. The normalized spacial score (nSPS) is 19.9. The van der Waals surface area contributed by atoms with E-state index in [4.69, 9.17) is 9.51 Å².